The summed E-state index contributed by atoms with van der Waals surface area (Å²) >= 11 is 0. The maximum Gasteiger partial charge on any atom is 0.270 e. The summed E-state index contributed by atoms with van der Waals surface area (Å²) < 4.78 is 0. The lowest BCUT2D eigenvalue weighted by molar-refractivity contribution is -0.130. The normalized spacial score (nSPS) is 9.42. The Bertz CT molecular complexity index is 657. The number of aromatic nitrogens is 1. The molecule has 0 saturated heterocycles. The number of carbonyl (C=O) groups is 2. The molecule has 0 radical (unpaired) electrons. The summed E-state index contributed by atoms with van der Waals surface area (Å²) in [5.74, 6) is -0.514. The van der Waals surface area contributed by atoms with E-state index in [0.29, 0.717) is 25.3 Å². The van der Waals surface area contributed by atoms with Crippen molar-refractivity contribution in [2.45, 2.75) is 6.42 Å². The van der Waals surface area contributed by atoms with E-state index in [1.54, 1.807) is 23.1 Å². The molecule has 1 aromatic heterocycles. The van der Waals surface area contributed by atoms with Crippen LogP contribution in [0.3, 0.4) is 0 Å². The number of carbonyl (C=O) groups excluding carboxylic acids is 2. The number of hydrogen-bond acceptors (Lipinski definition) is 4. The van der Waals surface area contributed by atoms with Crippen molar-refractivity contribution in [3.63, 3.8) is 0 Å². The van der Waals surface area contributed by atoms with Gasteiger partial charge in [-0.3, -0.25) is 14.6 Å². The van der Waals surface area contributed by atoms with E-state index in [1.165, 1.54) is 6.20 Å². The topological polar surface area (TPSA) is 88.3 Å². The maximum atomic E-state index is 12.3. The minimum Gasteiger partial charge on any atom is -0.342 e. The third-order valence-corrected chi connectivity index (χ3v) is 3.56. The van der Waals surface area contributed by atoms with E-state index in [4.69, 9.17) is 5.73 Å². The Morgan fingerprint density at radius 2 is 1.69 bits per heavy atom. The van der Waals surface area contributed by atoms with Gasteiger partial charge in [-0.2, -0.15) is 0 Å². The lowest BCUT2D eigenvalue weighted by Crippen LogP contribution is -2.43. The second-order valence-electron chi connectivity index (χ2n) is 5.30. The predicted octanol–water partition coefficient (Wildman–Crippen LogP) is 1.68. The summed E-state index contributed by atoms with van der Waals surface area (Å²) in [5, 5.41) is 2.60. The van der Waals surface area contributed by atoms with Gasteiger partial charge in [0.25, 0.3) is 5.91 Å². The van der Waals surface area contributed by atoms with Crippen LogP contribution in [0.5, 0.6) is 0 Å². The van der Waals surface area contributed by atoms with Crippen LogP contribution in [0.2, 0.25) is 0 Å². The number of nitrogens with two attached hydrogens (primary N) is 1. The molecule has 2 rings (SSSR count). The number of pyridine rings is 1. The fourth-order valence-corrected chi connectivity index (χ4v) is 2.28. The number of rotatable bonds is 8. The molecule has 0 atom stereocenters. The minimum absolute atomic E-state index is 0. The Balaban J connectivity index is 0.00000312. The van der Waals surface area contributed by atoms with Gasteiger partial charge in [0.05, 0.1) is 6.54 Å². The van der Waals surface area contributed by atoms with Crippen molar-refractivity contribution in [3.05, 3.63) is 66.0 Å². The smallest absolute Gasteiger partial charge is 0.270 e. The molecular formula is C18H24Cl2N4O2. The van der Waals surface area contributed by atoms with Gasteiger partial charge in [0.15, 0.2) is 0 Å². The quantitative estimate of drug-likeness (QED) is 0.707. The summed E-state index contributed by atoms with van der Waals surface area (Å²) in [6.07, 6.45) is 2.29. The molecule has 26 heavy (non-hydrogen) atoms. The first kappa shape index (κ1) is 23.9. The van der Waals surface area contributed by atoms with Gasteiger partial charge < -0.3 is 16.0 Å². The van der Waals surface area contributed by atoms with Crippen molar-refractivity contribution < 1.29 is 9.59 Å². The fraction of sp³-hybridized carbons (Fsp3) is 0.278. The molecule has 0 aliphatic rings. The van der Waals surface area contributed by atoms with E-state index in [-0.39, 0.29) is 43.2 Å². The van der Waals surface area contributed by atoms with E-state index < -0.39 is 0 Å². The standard InChI is InChI=1S/C18H22N4O2.2ClH/c19-10-13-22(12-9-15-6-2-1-3-7-15)17(23)14-21-18(24)16-8-4-5-11-20-16;;/h1-8,11H,9-10,12-14,19H2,(H,21,24);2*1H. The highest BCUT2D eigenvalue weighted by atomic mass is 35.5. The molecule has 0 aliphatic heterocycles. The van der Waals surface area contributed by atoms with Gasteiger partial charge in [-0.25, -0.2) is 0 Å². The monoisotopic (exact) mass is 398 g/mol. The van der Waals surface area contributed by atoms with Crippen LogP contribution in [0.15, 0.2) is 54.7 Å². The Labute approximate surface area is 166 Å². The molecule has 0 spiro atoms. The molecule has 0 aliphatic carbocycles. The average Bonchev–Trinajstić information content (AvgIpc) is 2.64. The van der Waals surface area contributed by atoms with Gasteiger partial charge >= 0.3 is 0 Å². The first-order valence-electron chi connectivity index (χ1n) is 7.91. The van der Waals surface area contributed by atoms with Crippen LogP contribution in [0.25, 0.3) is 0 Å². The highest BCUT2D eigenvalue weighted by Crippen LogP contribution is 2.02. The number of halogens is 2. The van der Waals surface area contributed by atoms with Crippen molar-refractivity contribution in [2.24, 2.45) is 5.73 Å². The molecule has 0 saturated carbocycles. The Hall–Kier alpha value is -2.15. The van der Waals surface area contributed by atoms with Crippen molar-refractivity contribution in [2.75, 3.05) is 26.2 Å². The first-order chi connectivity index (χ1) is 11.7. The Morgan fingerprint density at radius 3 is 2.31 bits per heavy atom. The Kier molecular flexibility index (Phi) is 12.0. The van der Waals surface area contributed by atoms with Crippen LogP contribution in [-0.4, -0.2) is 47.9 Å². The minimum atomic E-state index is -0.361. The van der Waals surface area contributed by atoms with Crippen molar-refractivity contribution in [3.8, 4) is 0 Å². The van der Waals surface area contributed by atoms with E-state index >= 15 is 0 Å². The number of hydrogen-bond donors (Lipinski definition) is 2. The van der Waals surface area contributed by atoms with Gasteiger partial charge in [0.2, 0.25) is 5.91 Å². The molecule has 0 unspecified atom stereocenters. The van der Waals surface area contributed by atoms with Crippen LogP contribution in [0.4, 0.5) is 0 Å². The van der Waals surface area contributed by atoms with Gasteiger partial charge in [0, 0.05) is 25.8 Å². The predicted molar refractivity (Wildman–Crippen MR) is 107 cm³/mol. The number of nitrogens with one attached hydrogen (secondary N) is 1. The molecular weight excluding hydrogens is 375 g/mol. The van der Waals surface area contributed by atoms with E-state index in [0.717, 1.165) is 12.0 Å². The molecule has 6 nitrogen and oxygen atoms in total. The van der Waals surface area contributed by atoms with Gasteiger partial charge in [-0.05, 0) is 24.1 Å². The summed E-state index contributed by atoms with van der Waals surface area (Å²) in [6, 6.07) is 15.0. The van der Waals surface area contributed by atoms with Crippen LogP contribution < -0.4 is 11.1 Å². The molecule has 8 heteroatoms. The number of benzene rings is 1. The van der Waals surface area contributed by atoms with Crippen molar-refractivity contribution in [1.29, 1.82) is 0 Å². The lowest BCUT2D eigenvalue weighted by Gasteiger charge is -2.22. The first-order valence-corrected chi connectivity index (χ1v) is 7.91. The number of amides is 2. The lowest BCUT2D eigenvalue weighted by atomic mass is 10.1. The van der Waals surface area contributed by atoms with Crippen LogP contribution in [0.1, 0.15) is 16.1 Å². The zero-order valence-corrected chi connectivity index (χ0v) is 16.0. The third kappa shape index (κ3) is 7.82. The second-order valence-corrected chi connectivity index (χ2v) is 5.30. The van der Waals surface area contributed by atoms with E-state index in [9.17, 15) is 9.59 Å². The van der Waals surface area contributed by atoms with E-state index in [1.807, 2.05) is 30.3 Å². The fourth-order valence-electron chi connectivity index (χ4n) is 2.28. The number of nitrogens with zero attached hydrogens (tertiary/aromatic N) is 2. The SMILES string of the molecule is Cl.Cl.NCCN(CCc1ccccc1)C(=O)CNC(=O)c1ccccn1. The molecule has 1 heterocycles. The zero-order valence-electron chi connectivity index (χ0n) is 14.3. The maximum absolute atomic E-state index is 12.3. The van der Waals surface area contributed by atoms with Gasteiger partial charge in [0.1, 0.15) is 5.69 Å². The van der Waals surface area contributed by atoms with Crippen molar-refractivity contribution in [1.82, 2.24) is 15.2 Å². The molecule has 1 aromatic carbocycles. The van der Waals surface area contributed by atoms with Crippen LogP contribution in [-0.2, 0) is 11.2 Å². The molecule has 3 N–H and O–H groups in total. The summed E-state index contributed by atoms with van der Waals surface area (Å²) in [5.41, 5.74) is 7.04. The summed E-state index contributed by atoms with van der Waals surface area (Å²) in [6.45, 7) is 1.35. The summed E-state index contributed by atoms with van der Waals surface area (Å²) in [4.78, 5) is 29.9. The van der Waals surface area contributed by atoms with Crippen LogP contribution in [0, 0.1) is 0 Å². The molecule has 0 fully saturated rings. The third-order valence-electron chi connectivity index (χ3n) is 3.56. The summed E-state index contributed by atoms with van der Waals surface area (Å²) in [7, 11) is 0. The molecule has 0 bridgehead atoms. The average molecular weight is 399 g/mol. The molecule has 142 valence electrons. The van der Waals surface area contributed by atoms with E-state index in [2.05, 4.69) is 10.3 Å². The van der Waals surface area contributed by atoms with Crippen LogP contribution >= 0.6 is 24.8 Å². The van der Waals surface area contributed by atoms with Gasteiger partial charge in [-0.15, -0.1) is 24.8 Å². The molecule has 2 amide bonds. The van der Waals surface area contributed by atoms with Crippen molar-refractivity contribution >= 4 is 36.6 Å². The highest BCUT2D eigenvalue weighted by Gasteiger charge is 2.15. The molecule has 2 aromatic rings. The zero-order chi connectivity index (χ0) is 17.2. The largest absolute Gasteiger partial charge is 0.342 e. The second kappa shape index (κ2) is 13.1. The Morgan fingerprint density at radius 1 is 1.00 bits per heavy atom. The van der Waals surface area contributed by atoms with Gasteiger partial charge in [-0.1, -0.05) is 36.4 Å². The highest BCUT2D eigenvalue weighted by molar-refractivity contribution is 5.94.